The molecule has 0 amide bonds. The highest BCUT2D eigenvalue weighted by Crippen LogP contribution is 2.30. The Morgan fingerprint density at radius 1 is 1.53 bits per heavy atom. The van der Waals surface area contributed by atoms with Gasteiger partial charge in [0.25, 0.3) is 5.56 Å². The summed E-state index contributed by atoms with van der Waals surface area (Å²) in [6.45, 7) is 2.26. The molecule has 19 heavy (non-hydrogen) atoms. The van der Waals surface area contributed by atoms with Crippen LogP contribution in [0.3, 0.4) is 0 Å². The number of aromatic nitrogens is 2. The van der Waals surface area contributed by atoms with Gasteiger partial charge in [-0.3, -0.25) is 9.59 Å². The van der Waals surface area contributed by atoms with E-state index in [0.717, 1.165) is 25.7 Å². The first-order chi connectivity index (χ1) is 9.06. The summed E-state index contributed by atoms with van der Waals surface area (Å²) in [6, 6.07) is 1.39. The number of nitrogens with zero attached hydrogens (tertiary/aromatic N) is 1. The molecule has 0 bridgehead atoms. The molecule has 1 aliphatic rings. The van der Waals surface area contributed by atoms with E-state index in [4.69, 9.17) is 0 Å². The molecule has 2 rings (SSSR count). The molecular formula is C13H19N3O3. The van der Waals surface area contributed by atoms with Crippen molar-refractivity contribution in [3.63, 3.8) is 0 Å². The van der Waals surface area contributed by atoms with Crippen LogP contribution in [0.4, 0.5) is 5.82 Å². The molecule has 1 fully saturated rings. The van der Waals surface area contributed by atoms with Crippen LogP contribution in [0.5, 0.6) is 0 Å². The van der Waals surface area contributed by atoms with E-state index in [0.29, 0.717) is 18.2 Å². The highest BCUT2D eigenvalue weighted by molar-refractivity contribution is 5.70. The zero-order valence-corrected chi connectivity index (χ0v) is 11.0. The number of aryl methyl sites for hydroxylation is 1. The van der Waals surface area contributed by atoms with Crippen molar-refractivity contribution in [1.82, 2.24) is 9.97 Å². The Labute approximate surface area is 111 Å². The van der Waals surface area contributed by atoms with Crippen molar-refractivity contribution in [3.8, 4) is 0 Å². The molecule has 0 spiro atoms. The molecule has 3 N–H and O–H groups in total. The lowest BCUT2D eigenvalue weighted by molar-refractivity contribution is -0.144. The van der Waals surface area contributed by atoms with Crippen LogP contribution in [-0.2, 0) is 4.79 Å². The van der Waals surface area contributed by atoms with Gasteiger partial charge in [0.1, 0.15) is 11.6 Å². The van der Waals surface area contributed by atoms with Gasteiger partial charge in [0.2, 0.25) is 0 Å². The van der Waals surface area contributed by atoms with Crippen molar-refractivity contribution in [2.24, 2.45) is 11.8 Å². The van der Waals surface area contributed by atoms with Crippen LogP contribution in [0.25, 0.3) is 0 Å². The minimum absolute atomic E-state index is 0.104. The first-order valence-corrected chi connectivity index (χ1v) is 6.61. The van der Waals surface area contributed by atoms with Gasteiger partial charge >= 0.3 is 5.97 Å². The van der Waals surface area contributed by atoms with Crippen LogP contribution >= 0.6 is 0 Å². The Morgan fingerprint density at radius 3 is 2.95 bits per heavy atom. The van der Waals surface area contributed by atoms with Gasteiger partial charge < -0.3 is 15.4 Å². The van der Waals surface area contributed by atoms with E-state index >= 15 is 0 Å². The van der Waals surface area contributed by atoms with Crippen LogP contribution in [-0.4, -0.2) is 27.6 Å². The summed E-state index contributed by atoms with van der Waals surface area (Å²) < 4.78 is 0. The predicted molar refractivity (Wildman–Crippen MR) is 71.2 cm³/mol. The summed E-state index contributed by atoms with van der Waals surface area (Å²) >= 11 is 0. The normalized spacial score (nSPS) is 23.0. The number of aliphatic carboxylic acids is 1. The molecule has 1 saturated carbocycles. The van der Waals surface area contributed by atoms with Crippen molar-refractivity contribution in [3.05, 3.63) is 22.2 Å². The molecule has 2 atom stereocenters. The lowest BCUT2D eigenvalue weighted by Crippen LogP contribution is -2.32. The minimum Gasteiger partial charge on any atom is -0.481 e. The first kappa shape index (κ1) is 13.6. The summed E-state index contributed by atoms with van der Waals surface area (Å²) in [6.07, 6.45) is 3.70. The van der Waals surface area contributed by atoms with Gasteiger partial charge in [0.15, 0.2) is 0 Å². The molecule has 104 valence electrons. The number of nitrogens with one attached hydrogen (secondary N) is 2. The Bertz CT molecular complexity index is 512. The number of rotatable bonds is 4. The minimum atomic E-state index is -0.721. The maximum atomic E-state index is 11.3. The molecule has 2 unspecified atom stereocenters. The molecule has 1 aromatic rings. The molecule has 6 heteroatoms. The summed E-state index contributed by atoms with van der Waals surface area (Å²) in [7, 11) is 0. The third-order valence-electron chi connectivity index (χ3n) is 3.63. The Hall–Kier alpha value is -1.85. The van der Waals surface area contributed by atoms with Crippen molar-refractivity contribution in [2.75, 3.05) is 11.9 Å². The van der Waals surface area contributed by atoms with E-state index in [-0.39, 0.29) is 17.4 Å². The molecule has 0 saturated heterocycles. The SMILES string of the molecule is Cc1nc(NCC2CCCCC2C(=O)O)cc(=O)[nH]1. The van der Waals surface area contributed by atoms with Crippen molar-refractivity contribution < 1.29 is 9.90 Å². The lowest BCUT2D eigenvalue weighted by Gasteiger charge is -2.28. The van der Waals surface area contributed by atoms with Crippen LogP contribution in [0.1, 0.15) is 31.5 Å². The molecule has 0 aromatic carbocycles. The van der Waals surface area contributed by atoms with Crippen molar-refractivity contribution in [1.29, 1.82) is 0 Å². The number of anilines is 1. The van der Waals surface area contributed by atoms with Gasteiger partial charge in [-0.15, -0.1) is 0 Å². The number of carboxylic acid groups (broad SMARTS) is 1. The third-order valence-corrected chi connectivity index (χ3v) is 3.63. The third kappa shape index (κ3) is 3.56. The first-order valence-electron chi connectivity index (χ1n) is 6.61. The Morgan fingerprint density at radius 2 is 2.26 bits per heavy atom. The fraction of sp³-hybridized carbons (Fsp3) is 0.615. The van der Waals surface area contributed by atoms with Crippen LogP contribution < -0.4 is 10.9 Å². The van der Waals surface area contributed by atoms with Crippen LogP contribution in [0.2, 0.25) is 0 Å². The summed E-state index contributed by atoms with van der Waals surface area (Å²) in [5.41, 5.74) is -0.201. The molecule has 6 nitrogen and oxygen atoms in total. The number of hydrogen-bond donors (Lipinski definition) is 3. The molecule has 0 aliphatic heterocycles. The summed E-state index contributed by atoms with van der Waals surface area (Å²) in [5, 5.41) is 12.3. The smallest absolute Gasteiger partial charge is 0.306 e. The Kier molecular flexibility index (Phi) is 4.19. The second-order valence-corrected chi connectivity index (χ2v) is 5.09. The second kappa shape index (κ2) is 5.86. The highest BCUT2D eigenvalue weighted by Gasteiger charge is 2.30. The highest BCUT2D eigenvalue weighted by atomic mass is 16.4. The van der Waals surface area contributed by atoms with Crippen molar-refractivity contribution >= 4 is 11.8 Å². The topological polar surface area (TPSA) is 95.1 Å². The van der Waals surface area contributed by atoms with E-state index in [1.165, 1.54) is 6.07 Å². The van der Waals surface area contributed by atoms with E-state index in [9.17, 15) is 14.7 Å². The maximum absolute atomic E-state index is 11.3. The van der Waals surface area contributed by atoms with Gasteiger partial charge in [0.05, 0.1) is 5.92 Å². The number of aromatic amines is 1. The van der Waals surface area contributed by atoms with E-state index in [1.807, 2.05) is 0 Å². The van der Waals surface area contributed by atoms with Gasteiger partial charge in [-0.05, 0) is 25.7 Å². The van der Waals surface area contributed by atoms with Crippen LogP contribution in [0.15, 0.2) is 10.9 Å². The number of H-pyrrole nitrogens is 1. The van der Waals surface area contributed by atoms with Gasteiger partial charge in [-0.1, -0.05) is 12.8 Å². The molecule has 1 heterocycles. The van der Waals surface area contributed by atoms with Crippen molar-refractivity contribution in [2.45, 2.75) is 32.6 Å². The van der Waals surface area contributed by atoms with E-state index in [2.05, 4.69) is 15.3 Å². The van der Waals surface area contributed by atoms with Crippen LogP contribution in [0, 0.1) is 18.8 Å². The zero-order valence-electron chi connectivity index (χ0n) is 11.0. The number of hydrogen-bond acceptors (Lipinski definition) is 4. The van der Waals surface area contributed by atoms with E-state index in [1.54, 1.807) is 6.92 Å². The number of carboxylic acids is 1. The summed E-state index contributed by atoms with van der Waals surface area (Å²) in [5.74, 6) is 0.155. The van der Waals surface area contributed by atoms with Gasteiger partial charge in [-0.2, -0.15) is 0 Å². The monoisotopic (exact) mass is 265 g/mol. The molecular weight excluding hydrogens is 246 g/mol. The summed E-state index contributed by atoms with van der Waals surface area (Å²) in [4.78, 5) is 29.2. The van der Waals surface area contributed by atoms with E-state index < -0.39 is 5.97 Å². The zero-order chi connectivity index (χ0) is 13.8. The average molecular weight is 265 g/mol. The molecule has 1 aliphatic carbocycles. The molecule has 1 aromatic heterocycles. The van der Waals surface area contributed by atoms with Gasteiger partial charge in [-0.25, -0.2) is 4.98 Å². The quantitative estimate of drug-likeness (QED) is 0.764. The fourth-order valence-electron chi connectivity index (χ4n) is 2.68. The average Bonchev–Trinajstić information content (AvgIpc) is 2.35. The Balaban J connectivity index is 2.00. The predicted octanol–water partition coefficient (Wildman–Crippen LogP) is 1.38. The van der Waals surface area contributed by atoms with Gasteiger partial charge in [0, 0.05) is 12.6 Å². The fourth-order valence-corrected chi connectivity index (χ4v) is 2.68. The standard InChI is InChI=1S/C13H19N3O3/c1-8-15-11(6-12(17)16-8)14-7-9-4-2-3-5-10(9)13(18)19/h6,9-10H,2-5,7H2,1H3,(H,18,19)(H2,14,15,16,17). The second-order valence-electron chi connectivity index (χ2n) is 5.09. The lowest BCUT2D eigenvalue weighted by atomic mass is 9.79. The largest absolute Gasteiger partial charge is 0.481 e. The maximum Gasteiger partial charge on any atom is 0.306 e. The molecule has 0 radical (unpaired) electrons. The number of carbonyl (C=O) groups is 1.